The van der Waals surface area contributed by atoms with Crippen molar-refractivity contribution in [2.75, 3.05) is 12.8 Å². The summed E-state index contributed by atoms with van der Waals surface area (Å²) in [6.45, 7) is 1.76. The Morgan fingerprint density at radius 3 is 2.71 bits per heavy atom. The molecule has 6 aromatic rings. The summed E-state index contributed by atoms with van der Waals surface area (Å²) in [4.78, 5) is 40.9. The number of methoxy groups -OCH3 is 1. The Kier molecular flexibility index (Phi) is 6.78. The maximum absolute atomic E-state index is 14.2. The van der Waals surface area contributed by atoms with Gasteiger partial charge >= 0.3 is 5.65 Å². The Balaban J connectivity index is 1.47. The number of H-pyrrole nitrogens is 1. The van der Waals surface area contributed by atoms with E-state index in [2.05, 4.69) is 32.2 Å². The van der Waals surface area contributed by atoms with Crippen LogP contribution in [0.5, 0.6) is 5.88 Å². The van der Waals surface area contributed by atoms with Crippen LogP contribution in [0.4, 0.5) is 5.82 Å². The predicted octanol–water partition coefficient (Wildman–Crippen LogP) is 2.72. The third-order valence-corrected chi connectivity index (χ3v) is 6.67. The molecule has 0 aliphatic carbocycles. The fourth-order valence-corrected chi connectivity index (χ4v) is 4.72. The molecule has 0 radical (unpaired) electrons. The molecule has 1 amide bonds. The number of carbonyl (C=O) groups excluding carboxylic acids is 1. The van der Waals surface area contributed by atoms with Crippen LogP contribution in [0.3, 0.4) is 0 Å². The highest BCUT2D eigenvalue weighted by Gasteiger charge is 2.27. The molecule has 0 spiro atoms. The van der Waals surface area contributed by atoms with Gasteiger partial charge in [-0.15, -0.1) is 4.52 Å². The Hall–Kier alpha value is -6.02. The number of nitrogen functional groups attached to an aromatic ring is 1. The minimum Gasteiger partial charge on any atom is -0.481 e. The number of rotatable bonds is 5. The van der Waals surface area contributed by atoms with Crippen molar-refractivity contribution in [3.8, 4) is 23.4 Å². The molecule has 42 heavy (non-hydrogen) atoms. The number of para-hydroxylation sites is 1. The standard InChI is InChI=1S/C31H24N8O3/c1-19(35-30(40)26-27(32)37-38-17-7-15-34-29(26)38)28-36-23-11-6-8-21(13-12-20-14-16-33-24(18-20)42-2)25(23)31(41)39(28)22-9-4-3-5-10-22/h3-11,14-19H,1-2H3,(H3,32,35,37,40)/p+1. The Morgan fingerprint density at radius 2 is 1.90 bits per heavy atom. The first-order valence-corrected chi connectivity index (χ1v) is 13.0. The quantitative estimate of drug-likeness (QED) is 0.218. The maximum Gasteiger partial charge on any atom is 0.362 e. The minimum atomic E-state index is -0.688. The van der Waals surface area contributed by atoms with Gasteiger partial charge in [0.2, 0.25) is 5.88 Å². The van der Waals surface area contributed by atoms with Crippen LogP contribution < -0.4 is 25.9 Å². The number of amides is 1. The molecular weight excluding hydrogens is 532 g/mol. The Bertz CT molecular complexity index is 2090. The molecule has 0 bridgehead atoms. The number of aromatic amines is 1. The minimum absolute atomic E-state index is 0.167. The van der Waals surface area contributed by atoms with E-state index in [0.29, 0.717) is 45.1 Å². The number of hydrogen-bond acceptors (Lipinski definition) is 7. The lowest BCUT2D eigenvalue weighted by atomic mass is 10.1. The third-order valence-electron chi connectivity index (χ3n) is 6.67. The zero-order valence-electron chi connectivity index (χ0n) is 22.7. The molecule has 206 valence electrons. The second-order valence-electron chi connectivity index (χ2n) is 9.39. The molecule has 0 fully saturated rings. The largest absolute Gasteiger partial charge is 0.481 e. The maximum atomic E-state index is 14.2. The number of carbonyl (C=O) groups is 1. The van der Waals surface area contributed by atoms with Crippen LogP contribution in [0.1, 0.15) is 40.3 Å². The number of pyridine rings is 1. The van der Waals surface area contributed by atoms with Crippen LogP contribution >= 0.6 is 0 Å². The monoisotopic (exact) mass is 557 g/mol. The van der Waals surface area contributed by atoms with Gasteiger partial charge in [-0.25, -0.2) is 15.1 Å². The highest BCUT2D eigenvalue weighted by atomic mass is 16.5. The number of anilines is 1. The van der Waals surface area contributed by atoms with Gasteiger partial charge in [0.05, 0.1) is 29.7 Å². The summed E-state index contributed by atoms with van der Waals surface area (Å²) in [5.74, 6) is 6.69. The summed E-state index contributed by atoms with van der Waals surface area (Å²) in [6.07, 6.45) is 4.89. The summed E-state index contributed by atoms with van der Waals surface area (Å²) in [6, 6.07) is 19.0. The fraction of sp³-hybridized carbons (Fsp3) is 0.0968. The zero-order valence-corrected chi connectivity index (χ0v) is 22.7. The van der Waals surface area contributed by atoms with Gasteiger partial charge < -0.3 is 15.8 Å². The van der Waals surface area contributed by atoms with Gasteiger partial charge in [0.25, 0.3) is 11.5 Å². The van der Waals surface area contributed by atoms with E-state index in [4.69, 9.17) is 15.5 Å². The van der Waals surface area contributed by atoms with Gasteiger partial charge in [-0.1, -0.05) is 36.1 Å². The van der Waals surface area contributed by atoms with Gasteiger partial charge in [-0.2, -0.15) is 0 Å². The number of aromatic nitrogens is 6. The number of nitrogens with two attached hydrogens (primary N) is 1. The number of benzene rings is 2. The lowest BCUT2D eigenvalue weighted by Gasteiger charge is -2.19. The van der Waals surface area contributed by atoms with Crippen molar-refractivity contribution in [3.05, 3.63) is 118 Å². The second kappa shape index (κ2) is 10.9. The van der Waals surface area contributed by atoms with E-state index in [0.717, 1.165) is 0 Å². The Labute approximate surface area is 239 Å². The van der Waals surface area contributed by atoms with Crippen molar-refractivity contribution in [3.63, 3.8) is 0 Å². The molecule has 0 saturated carbocycles. The molecule has 0 saturated heterocycles. The summed E-state index contributed by atoms with van der Waals surface area (Å²) in [7, 11) is 1.54. The van der Waals surface area contributed by atoms with Crippen molar-refractivity contribution in [1.29, 1.82) is 0 Å². The molecule has 11 heteroatoms. The van der Waals surface area contributed by atoms with E-state index in [1.165, 1.54) is 11.7 Å². The molecule has 0 aliphatic heterocycles. The number of nitrogens with zero attached hydrogens (tertiary/aromatic N) is 5. The molecule has 0 aliphatic rings. The van der Waals surface area contributed by atoms with Crippen LogP contribution in [-0.2, 0) is 0 Å². The molecule has 1 atom stereocenters. The van der Waals surface area contributed by atoms with E-state index in [-0.39, 0.29) is 16.9 Å². The SMILES string of the molecule is COc1cc(C#Cc2cccc3nc(C(C)NC(=O)c4c(N)[nH][n+]5cccnc45)n(-c4ccccc4)c(=O)c23)ccn1. The van der Waals surface area contributed by atoms with Crippen molar-refractivity contribution in [2.24, 2.45) is 0 Å². The first-order chi connectivity index (χ1) is 20.4. The molecule has 4 heterocycles. The van der Waals surface area contributed by atoms with E-state index in [9.17, 15) is 9.59 Å². The van der Waals surface area contributed by atoms with Crippen molar-refractivity contribution in [2.45, 2.75) is 13.0 Å². The summed E-state index contributed by atoms with van der Waals surface area (Å²) in [5, 5.41) is 6.21. The zero-order chi connectivity index (χ0) is 29.2. The first kappa shape index (κ1) is 26.2. The lowest BCUT2D eigenvalue weighted by molar-refractivity contribution is -0.577. The summed E-state index contributed by atoms with van der Waals surface area (Å²) in [5.41, 5.74) is 8.63. The van der Waals surface area contributed by atoms with Gasteiger partial charge in [0.1, 0.15) is 18.2 Å². The molecular formula is C31H25N8O3+. The smallest absolute Gasteiger partial charge is 0.362 e. The van der Waals surface area contributed by atoms with Crippen molar-refractivity contribution >= 4 is 28.3 Å². The number of ether oxygens (including phenoxy) is 1. The molecule has 2 aromatic carbocycles. The summed E-state index contributed by atoms with van der Waals surface area (Å²) >= 11 is 0. The van der Waals surface area contributed by atoms with E-state index < -0.39 is 11.9 Å². The third kappa shape index (κ3) is 4.77. The normalized spacial score (nSPS) is 11.6. The molecule has 11 nitrogen and oxygen atoms in total. The van der Waals surface area contributed by atoms with Crippen LogP contribution in [-0.4, -0.2) is 37.6 Å². The fourth-order valence-electron chi connectivity index (χ4n) is 4.72. The van der Waals surface area contributed by atoms with Gasteiger partial charge in [0.15, 0.2) is 11.4 Å². The van der Waals surface area contributed by atoms with Crippen LogP contribution in [0.25, 0.3) is 22.2 Å². The average molecular weight is 558 g/mol. The summed E-state index contributed by atoms with van der Waals surface area (Å²) < 4.78 is 8.25. The van der Waals surface area contributed by atoms with E-state index >= 15 is 0 Å². The highest BCUT2D eigenvalue weighted by molar-refractivity contribution is 6.03. The highest BCUT2D eigenvalue weighted by Crippen LogP contribution is 2.21. The molecule has 4 N–H and O–H groups in total. The first-order valence-electron chi connectivity index (χ1n) is 13.0. The van der Waals surface area contributed by atoms with Gasteiger partial charge in [-0.05, 0) is 42.2 Å². The predicted molar refractivity (Wildman–Crippen MR) is 156 cm³/mol. The second-order valence-corrected chi connectivity index (χ2v) is 9.39. The molecule has 4 aromatic heterocycles. The van der Waals surface area contributed by atoms with Gasteiger partial charge in [-0.3, -0.25) is 14.2 Å². The molecule has 6 rings (SSSR count). The average Bonchev–Trinajstić information content (AvgIpc) is 3.36. The van der Waals surface area contributed by atoms with Gasteiger partial charge in [0, 0.05) is 29.5 Å². The number of hydrogen-bond donors (Lipinski definition) is 3. The topological polar surface area (TPSA) is 145 Å². The van der Waals surface area contributed by atoms with Crippen LogP contribution in [0.2, 0.25) is 0 Å². The molecule has 1 unspecified atom stereocenters. The number of nitrogens with one attached hydrogen (secondary N) is 2. The van der Waals surface area contributed by atoms with E-state index in [1.807, 2.05) is 30.3 Å². The van der Waals surface area contributed by atoms with Crippen LogP contribution in [0.15, 0.2) is 90.1 Å². The van der Waals surface area contributed by atoms with Crippen LogP contribution in [0, 0.1) is 11.8 Å². The number of fused-ring (bicyclic) bond motifs is 2. The van der Waals surface area contributed by atoms with Crippen molar-refractivity contribution < 1.29 is 14.0 Å². The lowest BCUT2D eigenvalue weighted by Crippen LogP contribution is -2.34. The van der Waals surface area contributed by atoms with E-state index in [1.54, 1.807) is 66.4 Å². The van der Waals surface area contributed by atoms with Crippen molar-refractivity contribution in [1.82, 2.24) is 29.9 Å². The Morgan fingerprint density at radius 1 is 1.07 bits per heavy atom.